The molecule has 22 heavy (non-hydrogen) atoms. The van der Waals surface area contributed by atoms with Crippen LogP contribution >= 0.6 is 0 Å². The van der Waals surface area contributed by atoms with Gasteiger partial charge in [0.2, 0.25) is 0 Å². The molecule has 0 spiro atoms. The molecule has 0 bridgehead atoms. The van der Waals surface area contributed by atoms with Crippen molar-refractivity contribution < 1.29 is 9.47 Å². The second kappa shape index (κ2) is 6.39. The number of fused-ring (bicyclic) bond motifs is 1. The molecule has 3 aromatic rings. The molecular formula is C19H19NO2. The molecule has 0 unspecified atom stereocenters. The van der Waals surface area contributed by atoms with Crippen LogP contribution in [0.5, 0.6) is 5.75 Å². The lowest BCUT2D eigenvalue weighted by Gasteiger charge is -2.09. The molecule has 1 N–H and O–H groups in total. The minimum atomic E-state index is 0.553. The minimum absolute atomic E-state index is 0.553. The fourth-order valence-corrected chi connectivity index (χ4v) is 2.51. The monoisotopic (exact) mass is 293 g/mol. The van der Waals surface area contributed by atoms with Crippen molar-refractivity contribution >= 4 is 17.0 Å². The Morgan fingerprint density at radius 3 is 2.68 bits per heavy atom. The predicted octanol–water partition coefficient (Wildman–Crippen LogP) is 4.67. The molecule has 0 aliphatic heterocycles. The average molecular weight is 293 g/mol. The van der Waals surface area contributed by atoms with Crippen molar-refractivity contribution in [1.82, 2.24) is 4.98 Å². The zero-order chi connectivity index (χ0) is 15.4. The van der Waals surface area contributed by atoms with Gasteiger partial charge in [-0.2, -0.15) is 0 Å². The van der Waals surface area contributed by atoms with Crippen LogP contribution in [-0.4, -0.2) is 12.1 Å². The molecule has 0 aliphatic carbocycles. The molecule has 0 amide bonds. The fraction of sp³-hybridized carbons (Fsp3) is 0.158. The highest BCUT2D eigenvalue weighted by Crippen LogP contribution is 2.32. The van der Waals surface area contributed by atoms with E-state index in [1.54, 1.807) is 13.4 Å². The Hall–Kier alpha value is -2.68. The number of methoxy groups -OCH3 is 1. The molecule has 2 aromatic carbocycles. The lowest BCUT2D eigenvalue weighted by atomic mass is 10.1. The van der Waals surface area contributed by atoms with E-state index in [0.717, 1.165) is 27.8 Å². The minimum Gasteiger partial charge on any atom is -0.504 e. The molecule has 3 rings (SSSR count). The van der Waals surface area contributed by atoms with Crippen molar-refractivity contribution in [1.29, 1.82) is 0 Å². The lowest BCUT2D eigenvalue weighted by Crippen LogP contribution is -1.96. The number of hydrogen-bond acceptors (Lipinski definition) is 2. The van der Waals surface area contributed by atoms with Gasteiger partial charge >= 0.3 is 0 Å². The van der Waals surface area contributed by atoms with Crippen LogP contribution in [0, 0.1) is 6.92 Å². The third kappa shape index (κ3) is 2.84. The maximum absolute atomic E-state index is 6.04. The fourth-order valence-electron chi connectivity index (χ4n) is 2.51. The Labute approximate surface area is 130 Å². The molecule has 0 atom stereocenters. The molecule has 1 aromatic heterocycles. The summed E-state index contributed by atoms with van der Waals surface area (Å²) in [6.07, 6.45) is 5.59. The van der Waals surface area contributed by atoms with E-state index in [1.165, 1.54) is 5.56 Å². The lowest BCUT2D eigenvalue weighted by molar-refractivity contribution is 0.310. The molecule has 0 aliphatic rings. The van der Waals surface area contributed by atoms with E-state index in [-0.39, 0.29) is 0 Å². The molecule has 0 saturated heterocycles. The van der Waals surface area contributed by atoms with Crippen LogP contribution in [0.3, 0.4) is 0 Å². The summed E-state index contributed by atoms with van der Waals surface area (Å²) in [6.45, 7) is 2.64. The Morgan fingerprint density at radius 2 is 1.91 bits per heavy atom. The quantitative estimate of drug-likeness (QED) is 0.693. The second-order valence-electron chi connectivity index (χ2n) is 5.19. The third-order valence-corrected chi connectivity index (χ3v) is 3.66. The van der Waals surface area contributed by atoms with Gasteiger partial charge in [0.05, 0.1) is 18.9 Å². The van der Waals surface area contributed by atoms with Crippen LogP contribution in [0.2, 0.25) is 0 Å². The first-order chi connectivity index (χ1) is 10.8. The van der Waals surface area contributed by atoms with Gasteiger partial charge in [0.1, 0.15) is 12.4 Å². The smallest absolute Gasteiger partial charge is 0.129 e. The highest BCUT2D eigenvalue weighted by atomic mass is 16.5. The van der Waals surface area contributed by atoms with Gasteiger partial charge in [-0.25, -0.2) is 0 Å². The second-order valence-corrected chi connectivity index (χ2v) is 5.19. The van der Waals surface area contributed by atoms with Gasteiger partial charge in [-0.05, 0) is 30.2 Å². The van der Waals surface area contributed by atoms with Gasteiger partial charge in [0, 0.05) is 17.1 Å². The van der Waals surface area contributed by atoms with E-state index in [4.69, 9.17) is 9.47 Å². The number of ether oxygens (including phenoxy) is 2. The molecule has 112 valence electrons. The van der Waals surface area contributed by atoms with Crippen LogP contribution < -0.4 is 4.74 Å². The van der Waals surface area contributed by atoms with Crippen LogP contribution in [0.25, 0.3) is 17.0 Å². The van der Waals surface area contributed by atoms with Crippen molar-refractivity contribution in [3.8, 4) is 5.75 Å². The van der Waals surface area contributed by atoms with Gasteiger partial charge < -0.3 is 14.5 Å². The van der Waals surface area contributed by atoms with Crippen LogP contribution in [0.1, 0.15) is 16.7 Å². The Morgan fingerprint density at radius 1 is 1.09 bits per heavy atom. The van der Waals surface area contributed by atoms with Gasteiger partial charge in [-0.15, -0.1) is 0 Å². The van der Waals surface area contributed by atoms with E-state index in [1.807, 2.05) is 36.5 Å². The van der Waals surface area contributed by atoms with Gasteiger partial charge in [-0.3, -0.25) is 0 Å². The van der Waals surface area contributed by atoms with Crippen molar-refractivity contribution in [2.45, 2.75) is 13.5 Å². The number of hydrogen-bond donors (Lipinski definition) is 1. The normalized spacial score (nSPS) is 11.2. The van der Waals surface area contributed by atoms with E-state index in [2.05, 4.69) is 30.1 Å². The predicted molar refractivity (Wildman–Crippen MR) is 89.9 cm³/mol. The zero-order valence-corrected chi connectivity index (χ0v) is 12.8. The SMILES string of the molecule is CO/C=C/c1c[nH]c2c(C)ccc(OCc3ccccc3)c12. The standard InChI is InChI=1S/C19H19NO2/c1-14-8-9-17(22-13-15-6-4-3-5-7-15)18-16(10-11-21-2)12-20-19(14)18/h3-12,20H,13H2,1-2H3/b11-10+. The van der Waals surface area contributed by atoms with Crippen LogP contribution in [0.15, 0.2) is 54.9 Å². The van der Waals surface area contributed by atoms with E-state index in [9.17, 15) is 0 Å². The highest BCUT2D eigenvalue weighted by Gasteiger charge is 2.10. The van der Waals surface area contributed by atoms with E-state index < -0.39 is 0 Å². The number of benzene rings is 2. The topological polar surface area (TPSA) is 34.2 Å². The average Bonchev–Trinajstić information content (AvgIpc) is 2.98. The molecule has 0 radical (unpaired) electrons. The zero-order valence-electron chi connectivity index (χ0n) is 12.8. The summed E-state index contributed by atoms with van der Waals surface area (Å²) < 4.78 is 11.1. The van der Waals surface area contributed by atoms with E-state index in [0.29, 0.717) is 6.61 Å². The van der Waals surface area contributed by atoms with Gasteiger partial charge in [0.25, 0.3) is 0 Å². The maximum atomic E-state index is 6.04. The third-order valence-electron chi connectivity index (χ3n) is 3.66. The summed E-state index contributed by atoms with van der Waals surface area (Å²) in [5.74, 6) is 0.876. The Bertz CT molecular complexity index is 788. The summed E-state index contributed by atoms with van der Waals surface area (Å²) in [7, 11) is 1.64. The summed E-state index contributed by atoms with van der Waals surface area (Å²) in [5.41, 5.74) is 4.50. The summed E-state index contributed by atoms with van der Waals surface area (Å²) in [4.78, 5) is 3.32. The first-order valence-corrected chi connectivity index (χ1v) is 7.26. The molecular weight excluding hydrogens is 274 g/mol. The Kier molecular flexibility index (Phi) is 4.15. The number of rotatable bonds is 5. The van der Waals surface area contributed by atoms with Crippen molar-refractivity contribution in [2.75, 3.05) is 7.11 Å². The number of H-pyrrole nitrogens is 1. The first-order valence-electron chi connectivity index (χ1n) is 7.26. The summed E-state index contributed by atoms with van der Waals surface area (Å²) >= 11 is 0. The molecule has 1 heterocycles. The first kappa shape index (κ1) is 14.3. The van der Waals surface area contributed by atoms with Crippen LogP contribution in [0.4, 0.5) is 0 Å². The number of nitrogens with one attached hydrogen (secondary N) is 1. The molecule has 3 nitrogen and oxygen atoms in total. The highest BCUT2D eigenvalue weighted by molar-refractivity contribution is 5.95. The summed E-state index contributed by atoms with van der Waals surface area (Å²) in [5, 5.41) is 1.09. The van der Waals surface area contributed by atoms with Crippen molar-refractivity contribution in [2.24, 2.45) is 0 Å². The summed E-state index contributed by atoms with van der Waals surface area (Å²) in [6, 6.07) is 14.3. The van der Waals surface area contributed by atoms with E-state index >= 15 is 0 Å². The largest absolute Gasteiger partial charge is 0.504 e. The molecule has 0 fully saturated rings. The molecule has 0 saturated carbocycles. The number of aromatic nitrogens is 1. The Balaban J connectivity index is 1.96. The van der Waals surface area contributed by atoms with Gasteiger partial charge in [0.15, 0.2) is 0 Å². The van der Waals surface area contributed by atoms with Crippen LogP contribution in [-0.2, 0) is 11.3 Å². The maximum Gasteiger partial charge on any atom is 0.129 e. The van der Waals surface area contributed by atoms with Gasteiger partial charge in [-0.1, -0.05) is 36.4 Å². The van der Waals surface area contributed by atoms with Crippen molar-refractivity contribution in [3.05, 3.63) is 71.6 Å². The number of aryl methyl sites for hydroxylation is 1. The number of aromatic amines is 1. The molecule has 3 heteroatoms. The van der Waals surface area contributed by atoms with Crippen molar-refractivity contribution in [3.63, 3.8) is 0 Å².